The van der Waals surface area contributed by atoms with Crippen LogP contribution in [0, 0.1) is 0 Å². The van der Waals surface area contributed by atoms with Crippen LogP contribution in [0.1, 0.15) is 11.3 Å². The quantitative estimate of drug-likeness (QED) is 0.766. The van der Waals surface area contributed by atoms with E-state index in [1.165, 1.54) is 11.8 Å². The fraction of sp³-hybridized carbons (Fsp3) is 0.250. The van der Waals surface area contributed by atoms with Crippen LogP contribution in [0.15, 0.2) is 47.1 Å². The normalized spacial score (nSPS) is 10.3. The number of amides is 2. The molecule has 0 saturated carbocycles. The zero-order valence-corrected chi connectivity index (χ0v) is 14.0. The van der Waals surface area contributed by atoms with E-state index in [2.05, 4.69) is 10.6 Å². The first-order valence-electron chi connectivity index (χ1n) is 7.01. The van der Waals surface area contributed by atoms with E-state index in [4.69, 9.17) is 16.0 Å². The van der Waals surface area contributed by atoms with E-state index in [-0.39, 0.29) is 24.1 Å². The van der Waals surface area contributed by atoms with Crippen LogP contribution in [0.2, 0.25) is 5.02 Å². The molecule has 0 atom stereocenters. The predicted molar refractivity (Wildman–Crippen MR) is 91.2 cm³/mol. The zero-order valence-electron chi connectivity index (χ0n) is 12.4. The third-order valence-electron chi connectivity index (χ3n) is 2.88. The van der Waals surface area contributed by atoms with Crippen molar-refractivity contribution in [1.82, 2.24) is 10.6 Å². The van der Waals surface area contributed by atoms with E-state index in [0.29, 0.717) is 23.1 Å². The van der Waals surface area contributed by atoms with Crippen LogP contribution in [-0.4, -0.2) is 24.1 Å². The highest BCUT2D eigenvalue weighted by Gasteiger charge is 2.06. The second-order valence-electron chi connectivity index (χ2n) is 4.76. The lowest BCUT2D eigenvalue weighted by Crippen LogP contribution is -2.37. The molecule has 0 radical (unpaired) electrons. The molecule has 0 aliphatic rings. The van der Waals surface area contributed by atoms with Crippen molar-refractivity contribution < 1.29 is 14.0 Å². The molecule has 1 heterocycles. The summed E-state index contributed by atoms with van der Waals surface area (Å²) >= 11 is 7.37. The van der Waals surface area contributed by atoms with Crippen LogP contribution in [0.4, 0.5) is 0 Å². The topological polar surface area (TPSA) is 71.3 Å². The molecular weight excluding hydrogens is 336 g/mol. The lowest BCUT2D eigenvalue weighted by molar-refractivity contribution is -0.124. The number of carbonyl (C=O) groups excluding carboxylic acids is 2. The van der Waals surface area contributed by atoms with Crippen molar-refractivity contribution in [2.45, 2.75) is 12.3 Å². The van der Waals surface area contributed by atoms with Gasteiger partial charge < -0.3 is 15.1 Å². The number of furan rings is 1. The van der Waals surface area contributed by atoms with Crippen LogP contribution in [-0.2, 0) is 21.9 Å². The van der Waals surface area contributed by atoms with Crippen LogP contribution < -0.4 is 10.6 Å². The summed E-state index contributed by atoms with van der Waals surface area (Å²) < 4.78 is 5.10. The Balaban J connectivity index is 1.58. The molecule has 0 aliphatic carbocycles. The van der Waals surface area contributed by atoms with Crippen molar-refractivity contribution in [2.75, 3.05) is 12.3 Å². The summed E-state index contributed by atoms with van der Waals surface area (Å²) in [5.74, 6) is 1.22. The van der Waals surface area contributed by atoms with Gasteiger partial charge in [-0.1, -0.05) is 23.7 Å². The van der Waals surface area contributed by atoms with Crippen LogP contribution >= 0.6 is 23.4 Å². The lowest BCUT2D eigenvalue weighted by atomic mass is 10.2. The minimum absolute atomic E-state index is 0.0444. The van der Waals surface area contributed by atoms with Gasteiger partial charge in [0.15, 0.2) is 0 Å². The monoisotopic (exact) mass is 352 g/mol. The van der Waals surface area contributed by atoms with Gasteiger partial charge in [0.2, 0.25) is 11.8 Å². The van der Waals surface area contributed by atoms with Gasteiger partial charge in [0.1, 0.15) is 5.76 Å². The van der Waals surface area contributed by atoms with Crippen LogP contribution in [0.25, 0.3) is 0 Å². The number of carbonyl (C=O) groups is 2. The Bertz CT molecular complexity index is 647. The number of benzene rings is 1. The maximum Gasteiger partial charge on any atom is 0.239 e. The number of halogens is 1. The average Bonchev–Trinajstić information content (AvgIpc) is 3.04. The molecule has 122 valence electrons. The van der Waals surface area contributed by atoms with Gasteiger partial charge in [-0.3, -0.25) is 9.59 Å². The van der Waals surface area contributed by atoms with Gasteiger partial charge in [0, 0.05) is 10.8 Å². The number of hydrogen-bond acceptors (Lipinski definition) is 4. The highest BCUT2D eigenvalue weighted by atomic mass is 35.5. The molecule has 2 N–H and O–H groups in total. The third kappa shape index (κ3) is 6.80. The number of nitrogens with one attached hydrogen (secondary N) is 2. The average molecular weight is 353 g/mol. The first-order chi connectivity index (χ1) is 11.1. The molecule has 23 heavy (non-hydrogen) atoms. The first kappa shape index (κ1) is 17.4. The lowest BCUT2D eigenvalue weighted by Gasteiger charge is -2.06. The fourth-order valence-electron chi connectivity index (χ4n) is 1.78. The summed E-state index contributed by atoms with van der Waals surface area (Å²) in [5, 5.41) is 5.92. The standard InChI is InChI=1S/C16H17ClN2O3S/c17-13-4-1-3-12(7-13)10-23-11-16(21)19-9-15(20)18-8-14-5-2-6-22-14/h1-7H,8-11H2,(H,18,20)(H,19,21). The van der Waals surface area contributed by atoms with Gasteiger partial charge in [-0.2, -0.15) is 0 Å². The van der Waals surface area contributed by atoms with Gasteiger partial charge in [-0.05, 0) is 29.8 Å². The second kappa shape index (κ2) is 9.27. The van der Waals surface area contributed by atoms with E-state index in [0.717, 1.165) is 5.56 Å². The van der Waals surface area contributed by atoms with Crippen molar-refractivity contribution in [3.63, 3.8) is 0 Å². The van der Waals surface area contributed by atoms with E-state index >= 15 is 0 Å². The van der Waals surface area contributed by atoms with Crippen LogP contribution in [0.3, 0.4) is 0 Å². The molecule has 1 aromatic carbocycles. The highest BCUT2D eigenvalue weighted by Crippen LogP contribution is 2.16. The smallest absolute Gasteiger partial charge is 0.239 e. The van der Waals surface area contributed by atoms with Crippen molar-refractivity contribution >= 4 is 35.2 Å². The van der Waals surface area contributed by atoms with Gasteiger partial charge in [-0.15, -0.1) is 11.8 Å². The Kier molecular flexibility index (Phi) is 7.03. The second-order valence-corrected chi connectivity index (χ2v) is 6.18. The van der Waals surface area contributed by atoms with E-state index < -0.39 is 0 Å². The van der Waals surface area contributed by atoms with Crippen LogP contribution in [0.5, 0.6) is 0 Å². The van der Waals surface area contributed by atoms with Crippen molar-refractivity contribution in [2.24, 2.45) is 0 Å². The van der Waals surface area contributed by atoms with Gasteiger partial charge in [0.05, 0.1) is 25.1 Å². The maximum absolute atomic E-state index is 11.7. The Hall–Kier alpha value is -1.92. The third-order valence-corrected chi connectivity index (χ3v) is 4.12. The zero-order chi connectivity index (χ0) is 16.5. The van der Waals surface area contributed by atoms with Crippen molar-refractivity contribution in [1.29, 1.82) is 0 Å². The van der Waals surface area contributed by atoms with Crippen molar-refractivity contribution in [3.8, 4) is 0 Å². The van der Waals surface area contributed by atoms with E-state index in [1.54, 1.807) is 18.4 Å². The summed E-state index contributed by atoms with van der Waals surface area (Å²) in [6, 6.07) is 11.0. The Morgan fingerprint density at radius 2 is 2.00 bits per heavy atom. The molecule has 2 rings (SSSR count). The summed E-state index contributed by atoms with van der Waals surface area (Å²) in [6.07, 6.45) is 1.54. The van der Waals surface area contributed by atoms with Gasteiger partial charge in [0.25, 0.3) is 0 Å². The van der Waals surface area contributed by atoms with Gasteiger partial charge >= 0.3 is 0 Å². The molecular formula is C16H17ClN2O3S. The summed E-state index contributed by atoms with van der Waals surface area (Å²) in [7, 11) is 0. The summed E-state index contributed by atoms with van der Waals surface area (Å²) in [6.45, 7) is 0.266. The van der Waals surface area contributed by atoms with E-state index in [1.807, 2.05) is 24.3 Å². The van der Waals surface area contributed by atoms with Gasteiger partial charge in [-0.25, -0.2) is 0 Å². The molecule has 0 fully saturated rings. The first-order valence-corrected chi connectivity index (χ1v) is 8.55. The van der Waals surface area contributed by atoms with Crippen molar-refractivity contribution in [3.05, 3.63) is 59.0 Å². The Morgan fingerprint density at radius 3 is 2.74 bits per heavy atom. The Morgan fingerprint density at radius 1 is 1.13 bits per heavy atom. The molecule has 0 unspecified atom stereocenters. The maximum atomic E-state index is 11.7. The molecule has 7 heteroatoms. The number of hydrogen-bond donors (Lipinski definition) is 2. The molecule has 0 bridgehead atoms. The largest absolute Gasteiger partial charge is 0.467 e. The summed E-state index contributed by atoms with van der Waals surface area (Å²) in [5.41, 5.74) is 1.06. The fourth-order valence-corrected chi connectivity index (χ4v) is 2.80. The molecule has 5 nitrogen and oxygen atoms in total. The number of rotatable bonds is 8. The highest BCUT2D eigenvalue weighted by molar-refractivity contribution is 7.99. The molecule has 1 aromatic heterocycles. The summed E-state index contributed by atoms with van der Waals surface area (Å²) in [4.78, 5) is 23.3. The predicted octanol–water partition coefficient (Wildman–Crippen LogP) is 2.60. The minimum atomic E-state index is -0.255. The van der Waals surface area contributed by atoms with E-state index in [9.17, 15) is 9.59 Å². The minimum Gasteiger partial charge on any atom is -0.467 e. The molecule has 2 amide bonds. The molecule has 2 aromatic rings. The molecule has 0 spiro atoms. The number of thioether (sulfide) groups is 1. The Labute approximate surface area is 143 Å². The molecule has 0 saturated heterocycles. The molecule has 0 aliphatic heterocycles. The SMILES string of the molecule is O=C(CNC(=O)CSCc1cccc(Cl)c1)NCc1ccco1.